The van der Waals surface area contributed by atoms with E-state index in [1.807, 2.05) is 30.3 Å². The van der Waals surface area contributed by atoms with E-state index in [0.717, 1.165) is 62.1 Å². The molecule has 6 nitrogen and oxygen atoms in total. The Hall–Kier alpha value is -2.90. The Balaban J connectivity index is 1.08. The van der Waals surface area contributed by atoms with Crippen LogP contribution in [0, 0.1) is 11.7 Å². The van der Waals surface area contributed by atoms with Gasteiger partial charge in [0.05, 0.1) is 17.5 Å². The molecule has 0 amide bonds. The number of hydrogen-bond donors (Lipinski definition) is 0. The monoisotopic (exact) mass is 489 g/mol. The first kappa shape index (κ1) is 22.3. The lowest BCUT2D eigenvalue weighted by Gasteiger charge is -2.26. The van der Waals surface area contributed by atoms with Crippen LogP contribution in [0.3, 0.4) is 0 Å². The van der Waals surface area contributed by atoms with Crippen LogP contribution >= 0.6 is 0 Å². The van der Waals surface area contributed by atoms with Crippen LogP contribution in [0.5, 0.6) is 5.75 Å². The number of ether oxygens (including phenoxy) is 2. The largest absolute Gasteiger partial charge is 0.491 e. The van der Waals surface area contributed by atoms with E-state index in [1.54, 1.807) is 12.3 Å². The summed E-state index contributed by atoms with van der Waals surface area (Å²) in [4.78, 5) is 18.1. The van der Waals surface area contributed by atoms with Gasteiger partial charge in [0.1, 0.15) is 18.2 Å². The summed E-state index contributed by atoms with van der Waals surface area (Å²) in [5.74, 6) is 1.37. The van der Waals surface area contributed by atoms with Crippen molar-refractivity contribution in [2.24, 2.45) is 5.92 Å². The molecule has 188 valence electrons. The average molecular weight is 490 g/mol. The van der Waals surface area contributed by atoms with Gasteiger partial charge in [0.2, 0.25) is 0 Å². The van der Waals surface area contributed by atoms with Crippen molar-refractivity contribution in [1.82, 2.24) is 9.47 Å². The predicted molar refractivity (Wildman–Crippen MR) is 138 cm³/mol. The van der Waals surface area contributed by atoms with E-state index in [9.17, 15) is 4.79 Å². The third kappa shape index (κ3) is 3.98. The Bertz CT molecular complexity index is 1350. The Morgan fingerprint density at radius 1 is 1.06 bits per heavy atom. The predicted octanol–water partition coefficient (Wildman–Crippen LogP) is 4.36. The fourth-order valence-corrected chi connectivity index (χ4v) is 6.50. The van der Waals surface area contributed by atoms with Gasteiger partial charge >= 0.3 is 0 Å². The van der Waals surface area contributed by atoms with Gasteiger partial charge < -0.3 is 14.4 Å². The quantitative estimate of drug-likeness (QED) is 0.515. The molecule has 1 aliphatic carbocycles. The van der Waals surface area contributed by atoms with Gasteiger partial charge in [0.25, 0.3) is 5.56 Å². The SMILES string of the molecule is O=c1c2ccc(OC[C@H]3CCCO3)cc2ccn1-c1ccc(N2CCC(N3CCC4CC43)C2)c(F)c1. The Kier molecular flexibility index (Phi) is 5.51. The summed E-state index contributed by atoms with van der Waals surface area (Å²) in [6, 6.07) is 13.9. The van der Waals surface area contributed by atoms with Crippen molar-refractivity contribution in [3.63, 3.8) is 0 Å². The molecule has 3 aromatic rings. The van der Waals surface area contributed by atoms with Crippen LogP contribution in [-0.2, 0) is 4.74 Å². The van der Waals surface area contributed by atoms with E-state index in [0.29, 0.717) is 29.4 Å². The zero-order valence-electron chi connectivity index (χ0n) is 20.4. The van der Waals surface area contributed by atoms with Crippen molar-refractivity contribution < 1.29 is 13.9 Å². The van der Waals surface area contributed by atoms with Crippen molar-refractivity contribution in [2.75, 3.05) is 37.7 Å². The number of anilines is 1. The maximum Gasteiger partial charge on any atom is 0.262 e. The van der Waals surface area contributed by atoms with E-state index in [1.165, 1.54) is 30.0 Å². The highest BCUT2D eigenvalue weighted by Gasteiger charge is 2.49. The number of halogens is 1. The molecule has 4 fully saturated rings. The normalized spacial score (nSPS) is 27.6. The lowest BCUT2D eigenvalue weighted by molar-refractivity contribution is 0.0680. The minimum absolute atomic E-state index is 0.142. The highest BCUT2D eigenvalue weighted by Crippen LogP contribution is 2.46. The summed E-state index contributed by atoms with van der Waals surface area (Å²) in [6.07, 6.45) is 7.72. The number of likely N-dealkylation sites (tertiary alicyclic amines) is 1. The fourth-order valence-electron chi connectivity index (χ4n) is 6.50. The molecule has 2 aromatic carbocycles. The number of fused-ring (bicyclic) bond motifs is 2. The highest BCUT2D eigenvalue weighted by atomic mass is 19.1. The molecule has 3 saturated heterocycles. The van der Waals surface area contributed by atoms with Crippen molar-refractivity contribution >= 4 is 16.5 Å². The Morgan fingerprint density at radius 2 is 2.00 bits per heavy atom. The molecule has 0 N–H and O–H groups in total. The number of aromatic nitrogens is 1. The number of pyridine rings is 1. The molecule has 3 unspecified atom stereocenters. The standard InChI is InChI=1S/C29H32FN3O3/c30-26-16-21(3-6-27(26)31-10-9-22(17-31)32-11-8-20-15-28(20)32)33-12-7-19-14-23(4-5-25(19)29(33)34)36-18-24-2-1-13-35-24/h3-7,12,14,16,20,22,24,28H,1-2,8-11,13,15,17-18H2/t20?,22?,24-,28?/m1/s1. The van der Waals surface area contributed by atoms with E-state index in [-0.39, 0.29) is 17.5 Å². The molecule has 7 heteroatoms. The molecular formula is C29H32FN3O3. The first-order valence-corrected chi connectivity index (χ1v) is 13.3. The van der Waals surface area contributed by atoms with Crippen molar-refractivity contribution in [3.05, 3.63) is 64.8 Å². The third-order valence-corrected chi connectivity index (χ3v) is 8.59. The molecule has 7 rings (SSSR count). The summed E-state index contributed by atoms with van der Waals surface area (Å²) in [7, 11) is 0. The molecule has 4 atom stereocenters. The Labute approximate surface area is 210 Å². The first-order chi connectivity index (χ1) is 17.6. The van der Waals surface area contributed by atoms with Gasteiger partial charge in [0.15, 0.2) is 0 Å². The molecule has 4 aliphatic rings. The molecule has 36 heavy (non-hydrogen) atoms. The molecule has 1 aromatic heterocycles. The summed E-state index contributed by atoms with van der Waals surface area (Å²) in [5.41, 5.74) is 1.01. The average Bonchev–Trinajstić information content (AvgIpc) is 3.30. The summed E-state index contributed by atoms with van der Waals surface area (Å²) in [5, 5.41) is 1.39. The van der Waals surface area contributed by atoms with Gasteiger partial charge in [0, 0.05) is 49.4 Å². The van der Waals surface area contributed by atoms with Crippen LogP contribution in [0.15, 0.2) is 53.5 Å². The molecular weight excluding hydrogens is 457 g/mol. The maximum absolute atomic E-state index is 15.3. The molecule has 3 aliphatic heterocycles. The lowest BCUT2D eigenvalue weighted by Crippen LogP contribution is -2.37. The third-order valence-electron chi connectivity index (χ3n) is 8.59. The smallest absolute Gasteiger partial charge is 0.262 e. The van der Waals surface area contributed by atoms with Crippen LogP contribution in [0.4, 0.5) is 10.1 Å². The van der Waals surface area contributed by atoms with Crippen LogP contribution in [0.25, 0.3) is 16.5 Å². The minimum atomic E-state index is -0.274. The summed E-state index contributed by atoms with van der Waals surface area (Å²) >= 11 is 0. The van der Waals surface area contributed by atoms with Gasteiger partial charge in [-0.25, -0.2) is 4.39 Å². The van der Waals surface area contributed by atoms with Gasteiger partial charge in [-0.2, -0.15) is 0 Å². The van der Waals surface area contributed by atoms with E-state index in [2.05, 4.69) is 9.80 Å². The number of nitrogens with zero attached hydrogens (tertiary/aromatic N) is 3. The van der Waals surface area contributed by atoms with Crippen LogP contribution in [0.1, 0.15) is 32.1 Å². The van der Waals surface area contributed by atoms with E-state index in [4.69, 9.17) is 9.47 Å². The van der Waals surface area contributed by atoms with E-state index < -0.39 is 0 Å². The molecule has 0 radical (unpaired) electrons. The van der Waals surface area contributed by atoms with Crippen LogP contribution in [0.2, 0.25) is 0 Å². The Morgan fingerprint density at radius 3 is 2.78 bits per heavy atom. The number of benzene rings is 2. The molecule has 4 heterocycles. The van der Waals surface area contributed by atoms with Crippen molar-refractivity contribution in [1.29, 1.82) is 0 Å². The lowest BCUT2D eigenvalue weighted by atomic mass is 10.1. The minimum Gasteiger partial charge on any atom is -0.491 e. The second kappa shape index (κ2) is 8.89. The van der Waals surface area contributed by atoms with Crippen molar-refractivity contribution in [2.45, 2.75) is 50.3 Å². The molecule has 0 spiro atoms. The van der Waals surface area contributed by atoms with Gasteiger partial charge in [-0.1, -0.05) is 0 Å². The van der Waals surface area contributed by atoms with Crippen molar-refractivity contribution in [3.8, 4) is 11.4 Å². The highest BCUT2D eigenvalue weighted by molar-refractivity contribution is 5.83. The second-order valence-corrected chi connectivity index (χ2v) is 10.8. The fraction of sp³-hybridized carbons (Fsp3) is 0.483. The van der Waals surface area contributed by atoms with Gasteiger partial charge in [-0.3, -0.25) is 14.3 Å². The number of rotatable bonds is 6. The first-order valence-electron chi connectivity index (χ1n) is 13.3. The summed E-state index contributed by atoms with van der Waals surface area (Å²) < 4.78 is 28.3. The van der Waals surface area contributed by atoms with Gasteiger partial charge in [-0.15, -0.1) is 0 Å². The van der Waals surface area contributed by atoms with Crippen LogP contribution < -0.4 is 15.2 Å². The molecule has 0 bridgehead atoms. The molecule has 1 saturated carbocycles. The number of hydrogen-bond acceptors (Lipinski definition) is 5. The zero-order valence-corrected chi connectivity index (χ0v) is 20.4. The zero-order chi connectivity index (χ0) is 24.2. The van der Waals surface area contributed by atoms with E-state index >= 15 is 4.39 Å². The topological polar surface area (TPSA) is 46.9 Å². The van der Waals surface area contributed by atoms with Gasteiger partial charge in [-0.05, 0) is 86.4 Å². The summed E-state index contributed by atoms with van der Waals surface area (Å²) in [6.45, 7) is 4.27. The second-order valence-electron chi connectivity index (χ2n) is 10.8. The van der Waals surface area contributed by atoms with Crippen LogP contribution in [-0.4, -0.2) is 60.5 Å². The number of piperidine rings is 1. The maximum atomic E-state index is 15.3.